The minimum atomic E-state index is -0.352. The molecule has 1 N–H and O–H groups in total. The number of aryl methyl sites for hydroxylation is 2. The molecular weight excluding hydrogens is 324 g/mol. The Bertz CT molecular complexity index is 1240. The van der Waals surface area contributed by atoms with Gasteiger partial charge in [0.05, 0.1) is 5.56 Å². The molecule has 2 aromatic carbocycles. The number of nitrogens with zero attached hydrogens (tertiary/aromatic N) is 1. The summed E-state index contributed by atoms with van der Waals surface area (Å²) < 4.78 is 2.05. The van der Waals surface area contributed by atoms with Crippen LogP contribution in [0.2, 0.25) is 0 Å². The number of allylic oxidation sites excluding steroid dienone is 1. The monoisotopic (exact) mass is 342 g/mol. The van der Waals surface area contributed by atoms with Gasteiger partial charge in [-0.25, -0.2) is 0 Å². The van der Waals surface area contributed by atoms with Crippen LogP contribution < -0.4 is 5.56 Å². The van der Waals surface area contributed by atoms with E-state index in [-0.39, 0.29) is 16.9 Å². The van der Waals surface area contributed by atoms with Crippen LogP contribution in [0.25, 0.3) is 27.9 Å². The number of rotatable bonds is 3. The van der Waals surface area contributed by atoms with Crippen molar-refractivity contribution in [3.8, 4) is 0 Å². The SMILES string of the molecule is Cc1c(C(=O)/C=C/c2ccc3c(ccn3C)c2)c(=O)[nH]c2ccccc12. The summed E-state index contributed by atoms with van der Waals surface area (Å²) in [6.07, 6.45) is 5.22. The lowest BCUT2D eigenvalue weighted by Gasteiger charge is -2.06. The van der Waals surface area contributed by atoms with Crippen LogP contribution in [-0.4, -0.2) is 15.3 Å². The third-order valence-electron chi connectivity index (χ3n) is 4.76. The lowest BCUT2D eigenvalue weighted by atomic mass is 10.0. The number of ketones is 1. The highest BCUT2D eigenvalue weighted by atomic mass is 16.1. The van der Waals surface area contributed by atoms with E-state index >= 15 is 0 Å². The first-order chi connectivity index (χ1) is 12.5. The van der Waals surface area contributed by atoms with Crippen molar-refractivity contribution in [3.63, 3.8) is 0 Å². The predicted octanol–water partition coefficient (Wildman–Crippen LogP) is 4.22. The number of para-hydroxylation sites is 1. The molecular formula is C22H18N2O2. The normalized spacial score (nSPS) is 11.6. The molecule has 0 saturated carbocycles. The van der Waals surface area contributed by atoms with Gasteiger partial charge in [0.15, 0.2) is 5.78 Å². The fraction of sp³-hybridized carbons (Fsp3) is 0.0909. The molecule has 4 heteroatoms. The summed E-state index contributed by atoms with van der Waals surface area (Å²) >= 11 is 0. The number of nitrogens with one attached hydrogen (secondary N) is 1. The number of aromatic amines is 1. The van der Waals surface area contributed by atoms with E-state index in [4.69, 9.17) is 0 Å². The maximum absolute atomic E-state index is 12.7. The van der Waals surface area contributed by atoms with E-state index in [2.05, 4.69) is 4.98 Å². The number of hydrogen-bond acceptors (Lipinski definition) is 2. The number of aromatic nitrogens is 2. The third kappa shape index (κ3) is 2.65. The Labute approximate surface area is 150 Å². The van der Waals surface area contributed by atoms with Crippen LogP contribution in [0.5, 0.6) is 0 Å². The molecule has 0 unspecified atom stereocenters. The van der Waals surface area contributed by atoms with Crippen molar-refractivity contribution in [2.45, 2.75) is 6.92 Å². The topological polar surface area (TPSA) is 54.9 Å². The zero-order valence-electron chi connectivity index (χ0n) is 14.6. The van der Waals surface area contributed by atoms with Crippen LogP contribution in [0.1, 0.15) is 21.5 Å². The molecule has 0 aliphatic rings. The lowest BCUT2D eigenvalue weighted by molar-refractivity contribution is 0.104. The average Bonchev–Trinajstić information content (AvgIpc) is 3.00. The highest BCUT2D eigenvalue weighted by Gasteiger charge is 2.14. The Balaban J connectivity index is 1.72. The predicted molar refractivity (Wildman–Crippen MR) is 106 cm³/mol. The van der Waals surface area contributed by atoms with E-state index in [1.807, 2.05) is 73.3 Å². The molecule has 4 nitrogen and oxygen atoms in total. The fourth-order valence-corrected chi connectivity index (χ4v) is 3.36. The van der Waals surface area contributed by atoms with Crippen molar-refractivity contribution in [3.05, 3.63) is 87.8 Å². The van der Waals surface area contributed by atoms with Crippen LogP contribution in [-0.2, 0) is 7.05 Å². The molecule has 0 fully saturated rings. The number of pyridine rings is 1. The van der Waals surface area contributed by atoms with Crippen molar-refractivity contribution in [1.82, 2.24) is 9.55 Å². The Hall–Kier alpha value is -3.40. The number of hydrogen-bond donors (Lipinski definition) is 1. The summed E-state index contributed by atoms with van der Waals surface area (Å²) in [5.41, 5.74) is 3.35. The second-order valence-electron chi connectivity index (χ2n) is 6.44. The van der Waals surface area contributed by atoms with Crippen LogP contribution in [0, 0.1) is 6.92 Å². The van der Waals surface area contributed by atoms with E-state index < -0.39 is 0 Å². The summed E-state index contributed by atoms with van der Waals surface area (Å²) in [5.74, 6) is -0.289. The van der Waals surface area contributed by atoms with Gasteiger partial charge in [-0.15, -0.1) is 0 Å². The Morgan fingerprint density at radius 2 is 1.92 bits per heavy atom. The van der Waals surface area contributed by atoms with E-state index in [0.717, 1.165) is 27.4 Å². The minimum Gasteiger partial charge on any atom is -0.351 e. The van der Waals surface area contributed by atoms with Crippen molar-refractivity contribution >= 4 is 33.7 Å². The van der Waals surface area contributed by atoms with E-state index in [1.165, 1.54) is 6.08 Å². The van der Waals surface area contributed by atoms with Gasteiger partial charge in [0.2, 0.25) is 0 Å². The zero-order chi connectivity index (χ0) is 18.3. The average molecular weight is 342 g/mol. The molecule has 0 spiro atoms. The van der Waals surface area contributed by atoms with Crippen molar-refractivity contribution in [1.29, 1.82) is 0 Å². The highest BCUT2D eigenvalue weighted by molar-refractivity contribution is 6.09. The van der Waals surface area contributed by atoms with Gasteiger partial charge in [-0.2, -0.15) is 0 Å². The van der Waals surface area contributed by atoms with Crippen LogP contribution >= 0.6 is 0 Å². The summed E-state index contributed by atoms with van der Waals surface area (Å²) in [5, 5.41) is 2.00. The molecule has 2 heterocycles. The molecule has 128 valence electrons. The molecule has 4 rings (SSSR count). The first kappa shape index (κ1) is 16.1. The molecule has 26 heavy (non-hydrogen) atoms. The van der Waals surface area contributed by atoms with Gasteiger partial charge in [0.1, 0.15) is 0 Å². The number of benzene rings is 2. The summed E-state index contributed by atoms with van der Waals surface area (Å²) in [4.78, 5) is 27.8. The summed E-state index contributed by atoms with van der Waals surface area (Å²) in [6.45, 7) is 1.81. The van der Waals surface area contributed by atoms with Crippen molar-refractivity contribution < 1.29 is 4.79 Å². The van der Waals surface area contributed by atoms with Gasteiger partial charge >= 0.3 is 0 Å². The Morgan fingerprint density at radius 3 is 2.77 bits per heavy atom. The molecule has 0 aliphatic heterocycles. The molecule has 0 bridgehead atoms. The quantitative estimate of drug-likeness (QED) is 0.447. The molecule has 0 aliphatic carbocycles. The standard InChI is InChI=1S/C22H18N2O2/c1-14-17-5-3-4-6-18(17)23-22(26)21(14)20(25)10-8-15-7-9-19-16(13-15)11-12-24(19)2/h3-13H,1-2H3,(H,23,26)/b10-8+. The molecule has 0 saturated heterocycles. The minimum absolute atomic E-state index is 0.195. The maximum atomic E-state index is 12.7. The van der Waals surface area contributed by atoms with Crippen LogP contribution in [0.4, 0.5) is 0 Å². The van der Waals surface area contributed by atoms with Crippen LogP contribution in [0.3, 0.4) is 0 Å². The van der Waals surface area contributed by atoms with Gasteiger partial charge in [0, 0.05) is 35.1 Å². The zero-order valence-corrected chi connectivity index (χ0v) is 14.6. The van der Waals surface area contributed by atoms with Crippen LogP contribution in [0.15, 0.2) is 65.6 Å². The Kier molecular flexibility index (Phi) is 3.81. The Morgan fingerprint density at radius 1 is 1.12 bits per heavy atom. The number of carbonyl (C=O) groups excluding carboxylic acids is 1. The van der Waals surface area contributed by atoms with E-state index in [1.54, 1.807) is 6.08 Å². The molecule has 0 amide bonds. The van der Waals surface area contributed by atoms with Gasteiger partial charge in [0.25, 0.3) is 5.56 Å². The molecule has 4 aromatic rings. The second-order valence-corrected chi connectivity index (χ2v) is 6.44. The number of fused-ring (bicyclic) bond motifs is 2. The second kappa shape index (κ2) is 6.15. The smallest absolute Gasteiger partial charge is 0.259 e. The first-order valence-corrected chi connectivity index (χ1v) is 8.44. The molecule has 2 aromatic heterocycles. The van der Waals surface area contributed by atoms with Crippen molar-refractivity contribution in [2.75, 3.05) is 0 Å². The summed E-state index contributed by atoms with van der Waals surface area (Å²) in [6, 6.07) is 15.5. The molecule has 0 radical (unpaired) electrons. The summed E-state index contributed by atoms with van der Waals surface area (Å²) in [7, 11) is 2.00. The largest absolute Gasteiger partial charge is 0.351 e. The van der Waals surface area contributed by atoms with E-state index in [0.29, 0.717) is 5.56 Å². The van der Waals surface area contributed by atoms with Gasteiger partial charge in [-0.05, 0) is 48.4 Å². The highest BCUT2D eigenvalue weighted by Crippen LogP contribution is 2.19. The number of H-pyrrole nitrogens is 1. The fourth-order valence-electron chi connectivity index (χ4n) is 3.36. The third-order valence-corrected chi connectivity index (χ3v) is 4.76. The number of carbonyl (C=O) groups is 1. The van der Waals surface area contributed by atoms with Gasteiger partial charge in [-0.1, -0.05) is 30.3 Å². The first-order valence-electron chi connectivity index (χ1n) is 8.44. The van der Waals surface area contributed by atoms with Gasteiger partial charge < -0.3 is 9.55 Å². The van der Waals surface area contributed by atoms with Crippen molar-refractivity contribution in [2.24, 2.45) is 7.05 Å². The maximum Gasteiger partial charge on any atom is 0.259 e. The molecule has 0 atom stereocenters. The lowest BCUT2D eigenvalue weighted by Crippen LogP contribution is -2.18. The van der Waals surface area contributed by atoms with E-state index in [9.17, 15) is 9.59 Å². The van der Waals surface area contributed by atoms with Gasteiger partial charge in [-0.3, -0.25) is 9.59 Å².